The van der Waals surface area contributed by atoms with Crippen molar-refractivity contribution >= 4 is 29.3 Å². The Morgan fingerprint density at radius 1 is 1.28 bits per heavy atom. The minimum absolute atomic E-state index is 0.0594. The van der Waals surface area contributed by atoms with Crippen LogP contribution in [0.4, 0.5) is 4.39 Å². The van der Waals surface area contributed by atoms with Crippen molar-refractivity contribution in [3.63, 3.8) is 0 Å². The maximum absolute atomic E-state index is 13.9. The minimum Gasteiger partial charge on any atom is -0.496 e. The zero-order valence-electron chi connectivity index (χ0n) is 15.8. The first-order valence-electron chi connectivity index (χ1n) is 8.56. The van der Waals surface area contributed by atoms with Crippen molar-refractivity contribution in [2.45, 2.75) is 11.7 Å². The van der Waals surface area contributed by atoms with Crippen LogP contribution in [-0.2, 0) is 11.3 Å². The molecule has 0 atom stereocenters. The number of nitrogen functional groups attached to an aromatic ring is 1. The van der Waals surface area contributed by atoms with Crippen molar-refractivity contribution in [2.24, 2.45) is 0 Å². The molecule has 3 rings (SSSR count). The number of hydrogen-bond acceptors (Lipinski definition) is 6. The molecule has 1 amide bonds. The van der Waals surface area contributed by atoms with Crippen LogP contribution >= 0.6 is 23.4 Å². The van der Waals surface area contributed by atoms with Crippen molar-refractivity contribution < 1.29 is 13.9 Å². The summed E-state index contributed by atoms with van der Waals surface area (Å²) < 4.78 is 20.6. The van der Waals surface area contributed by atoms with Crippen LogP contribution < -0.4 is 10.6 Å². The number of methoxy groups -OCH3 is 1. The molecule has 2 aromatic carbocycles. The summed E-state index contributed by atoms with van der Waals surface area (Å²) in [6.07, 6.45) is 0. The first kappa shape index (κ1) is 20.9. The van der Waals surface area contributed by atoms with Crippen LogP contribution in [0.3, 0.4) is 0 Å². The van der Waals surface area contributed by atoms with E-state index in [-0.39, 0.29) is 28.8 Å². The van der Waals surface area contributed by atoms with Gasteiger partial charge in [-0.3, -0.25) is 4.79 Å². The summed E-state index contributed by atoms with van der Waals surface area (Å²) in [7, 11) is 3.14. The molecule has 3 aromatic rings. The van der Waals surface area contributed by atoms with Crippen LogP contribution in [0.25, 0.3) is 11.4 Å². The van der Waals surface area contributed by atoms with Gasteiger partial charge in [0.1, 0.15) is 11.6 Å². The molecule has 29 heavy (non-hydrogen) atoms. The van der Waals surface area contributed by atoms with Crippen LogP contribution in [0.15, 0.2) is 47.6 Å². The number of benzene rings is 2. The quantitative estimate of drug-likeness (QED) is 0.453. The van der Waals surface area contributed by atoms with Crippen LogP contribution in [0.5, 0.6) is 5.75 Å². The largest absolute Gasteiger partial charge is 0.496 e. The molecule has 0 saturated heterocycles. The molecule has 0 aliphatic rings. The number of halogens is 2. The number of nitrogens with zero attached hydrogens (tertiary/aromatic N) is 4. The molecule has 1 aromatic heterocycles. The number of para-hydroxylation sites is 1. The smallest absolute Gasteiger partial charge is 0.233 e. The van der Waals surface area contributed by atoms with Gasteiger partial charge in [-0.1, -0.05) is 41.6 Å². The van der Waals surface area contributed by atoms with Gasteiger partial charge in [0.15, 0.2) is 5.82 Å². The number of nitrogens with two attached hydrogens (primary N) is 1. The summed E-state index contributed by atoms with van der Waals surface area (Å²) in [5.41, 5.74) is 0.963. The van der Waals surface area contributed by atoms with Crippen molar-refractivity contribution in [3.05, 3.63) is 58.9 Å². The predicted octanol–water partition coefficient (Wildman–Crippen LogP) is 3.21. The number of amides is 1. The maximum Gasteiger partial charge on any atom is 0.233 e. The lowest BCUT2D eigenvalue weighted by molar-refractivity contribution is -0.127. The Balaban J connectivity index is 1.67. The van der Waals surface area contributed by atoms with E-state index in [1.54, 1.807) is 26.3 Å². The molecule has 0 saturated carbocycles. The number of carbonyl (C=O) groups excluding carboxylic acids is 1. The lowest BCUT2D eigenvalue weighted by Crippen LogP contribution is -2.28. The number of carbonyl (C=O) groups is 1. The molecule has 0 unspecified atom stereocenters. The predicted molar refractivity (Wildman–Crippen MR) is 111 cm³/mol. The Labute approximate surface area is 176 Å². The summed E-state index contributed by atoms with van der Waals surface area (Å²) in [6, 6.07) is 11.7. The Morgan fingerprint density at radius 3 is 2.76 bits per heavy atom. The second kappa shape index (κ2) is 9.15. The fourth-order valence-electron chi connectivity index (χ4n) is 2.63. The fraction of sp³-hybridized carbons (Fsp3) is 0.211. The van der Waals surface area contributed by atoms with Gasteiger partial charge in [-0.15, -0.1) is 10.2 Å². The zero-order chi connectivity index (χ0) is 21.0. The van der Waals surface area contributed by atoms with E-state index in [1.165, 1.54) is 21.7 Å². The number of rotatable bonds is 7. The minimum atomic E-state index is -0.451. The van der Waals surface area contributed by atoms with Gasteiger partial charge in [0.25, 0.3) is 0 Å². The number of thioether (sulfide) groups is 1. The number of aromatic nitrogens is 3. The van der Waals surface area contributed by atoms with Gasteiger partial charge in [-0.05, 0) is 24.3 Å². The molecule has 152 valence electrons. The van der Waals surface area contributed by atoms with Gasteiger partial charge in [0.2, 0.25) is 11.1 Å². The Morgan fingerprint density at radius 2 is 2.03 bits per heavy atom. The summed E-state index contributed by atoms with van der Waals surface area (Å²) >= 11 is 7.16. The second-order valence-electron chi connectivity index (χ2n) is 6.12. The Bertz CT molecular complexity index is 1010. The summed E-state index contributed by atoms with van der Waals surface area (Å²) in [4.78, 5) is 13.9. The molecule has 1 heterocycles. The van der Waals surface area contributed by atoms with E-state index in [9.17, 15) is 9.18 Å². The van der Waals surface area contributed by atoms with E-state index >= 15 is 0 Å². The van der Waals surface area contributed by atoms with Gasteiger partial charge in [0, 0.05) is 24.2 Å². The molecule has 0 aliphatic heterocycles. The highest BCUT2D eigenvalue weighted by molar-refractivity contribution is 7.99. The van der Waals surface area contributed by atoms with E-state index in [2.05, 4.69) is 10.2 Å². The van der Waals surface area contributed by atoms with Crippen molar-refractivity contribution in [2.75, 3.05) is 25.8 Å². The van der Waals surface area contributed by atoms with E-state index in [0.29, 0.717) is 22.3 Å². The van der Waals surface area contributed by atoms with Gasteiger partial charge in [-0.25, -0.2) is 9.07 Å². The van der Waals surface area contributed by atoms with E-state index in [1.807, 2.05) is 18.2 Å². The summed E-state index contributed by atoms with van der Waals surface area (Å²) in [5, 5.41) is 8.81. The Hall–Kier alpha value is -2.78. The molecule has 2 N–H and O–H groups in total. The molecule has 0 bridgehead atoms. The zero-order valence-corrected chi connectivity index (χ0v) is 17.4. The average Bonchev–Trinajstić information content (AvgIpc) is 3.09. The van der Waals surface area contributed by atoms with E-state index in [0.717, 1.165) is 11.8 Å². The van der Waals surface area contributed by atoms with E-state index < -0.39 is 5.82 Å². The van der Waals surface area contributed by atoms with Crippen molar-refractivity contribution in [3.8, 4) is 17.1 Å². The van der Waals surface area contributed by atoms with Crippen molar-refractivity contribution in [1.29, 1.82) is 0 Å². The molecular formula is C19H19ClFN5O2S. The molecular weight excluding hydrogens is 417 g/mol. The van der Waals surface area contributed by atoms with Crippen molar-refractivity contribution in [1.82, 2.24) is 19.8 Å². The summed E-state index contributed by atoms with van der Waals surface area (Å²) in [6.45, 7) is 0.0622. The molecule has 7 nitrogen and oxygen atoms in total. The highest BCUT2D eigenvalue weighted by Crippen LogP contribution is 2.29. The standard InChI is InChI=1S/C19H19ClFN5O2S/c1-25(10-13-14(20)7-5-8-15(13)21)17(27)11-29-19-24-23-18(26(19)22)12-6-3-4-9-16(12)28-2/h3-9H,10-11,22H2,1-2H3. The number of ether oxygens (including phenoxy) is 1. The monoisotopic (exact) mass is 435 g/mol. The van der Waals surface area contributed by atoms with Crippen LogP contribution in [0, 0.1) is 5.82 Å². The molecule has 0 radical (unpaired) electrons. The van der Waals surface area contributed by atoms with Gasteiger partial charge in [-0.2, -0.15) is 0 Å². The SMILES string of the molecule is COc1ccccc1-c1nnc(SCC(=O)N(C)Cc2c(F)cccc2Cl)n1N. The summed E-state index contributed by atoms with van der Waals surface area (Å²) in [5.74, 6) is 6.52. The number of hydrogen-bond donors (Lipinski definition) is 1. The maximum atomic E-state index is 13.9. The average molecular weight is 436 g/mol. The Kier molecular flexibility index (Phi) is 6.60. The second-order valence-corrected chi connectivity index (χ2v) is 7.46. The van der Waals surface area contributed by atoms with Crippen LogP contribution in [0.1, 0.15) is 5.56 Å². The van der Waals surface area contributed by atoms with Crippen LogP contribution in [-0.4, -0.2) is 45.6 Å². The van der Waals surface area contributed by atoms with Gasteiger partial charge < -0.3 is 15.5 Å². The highest BCUT2D eigenvalue weighted by Gasteiger charge is 2.19. The third kappa shape index (κ3) is 4.63. The lowest BCUT2D eigenvalue weighted by Gasteiger charge is -2.18. The fourth-order valence-corrected chi connectivity index (χ4v) is 3.65. The molecule has 0 spiro atoms. The van der Waals surface area contributed by atoms with Crippen LogP contribution in [0.2, 0.25) is 5.02 Å². The van der Waals surface area contributed by atoms with Gasteiger partial charge in [0.05, 0.1) is 18.4 Å². The molecule has 0 fully saturated rings. The first-order chi connectivity index (χ1) is 13.9. The normalized spacial score (nSPS) is 10.8. The first-order valence-corrected chi connectivity index (χ1v) is 9.92. The third-order valence-electron chi connectivity index (χ3n) is 4.22. The lowest BCUT2D eigenvalue weighted by atomic mass is 10.2. The molecule has 10 heteroatoms. The van der Waals surface area contributed by atoms with Gasteiger partial charge >= 0.3 is 0 Å². The van der Waals surface area contributed by atoms with E-state index in [4.69, 9.17) is 22.2 Å². The molecule has 0 aliphatic carbocycles. The third-order valence-corrected chi connectivity index (χ3v) is 5.50. The highest BCUT2D eigenvalue weighted by atomic mass is 35.5. The topological polar surface area (TPSA) is 86.3 Å².